The van der Waals surface area contributed by atoms with Crippen molar-refractivity contribution >= 4 is 11.6 Å². The molecular weight excluding hydrogens is 442 g/mol. The van der Waals surface area contributed by atoms with Gasteiger partial charge in [0.2, 0.25) is 0 Å². The van der Waals surface area contributed by atoms with Gasteiger partial charge in [0.05, 0.1) is 29.8 Å². The number of rotatable bonds is 5. The van der Waals surface area contributed by atoms with Gasteiger partial charge in [-0.05, 0) is 44.2 Å². The van der Waals surface area contributed by atoms with E-state index in [4.69, 9.17) is 4.74 Å². The van der Waals surface area contributed by atoms with E-state index in [-0.39, 0.29) is 29.5 Å². The molecule has 0 radical (unpaired) electrons. The third-order valence-corrected chi connectivity index (χ3v) is 5.12. The first kappa shape index (κ1) is 22.7. The predicted molar refractivity (Wildman–Crippen MR) is 111 cm³/mol. The minimum atomic E-state index is -4.61. The molecule has 172 valence electrons. The van der Waals surface area contributed by atoms with Crippen LogP contribution in [-0.2, 0) is 12.1 Å². The van der Waals surface area contributed by atoms with Crippen LogP contribution < -0.4 is 9.64 Å². The Morgan fingerprint density at radius 1 is 1.09 bits per heavy atom. The topological polar surface area (TPSA) is 75.6 Å². The Morgan fingerprint density at radius 2 is 1.85 bits per heavy atom. The Hall–Kier alpha value is -3.53. The first-order valence-electron chi connectivity index (χ1n) is 9.92. The van der Waals surface area contributed by atoms with E-state index in [1.165, 1.54) is 29.4 Å². The van der Waals surface area contributed by atoms with Gasteiger partial charge in [0.25, 0.3) is 5.91 Å². The summed E-state index contributed by atoms with van der Waals surface area (Å²) < 4.78 is 56.6. The van der Waals surface area contributed by atoms with Crippen LogP contribution in [0.3, 0.4) is 0 Å². The number of nitrogens with zero attached hydrogens (tertiary/aromatic N) is 3. The lowest BCUT2D eigenvalue weighted by Gasteiger charge is -2.19. The SMILES string of the molecule is CC(C)(O)c1ccc(N2Cc3c(ccnc3-c3ccc(F)cc3OCC(F)(F)F)C2=O)cn1. The Morgan fingerprint density at radius 3 is 2.48 bits per heavy atom. The summed E-state index contributed by atoms with van der Waals surface area (Å²) in [5, 5.41) is 10.1. The Balaban J connectivity index is 1.70. The fourth-order valence-corrected chi connectivity index (χ4v) is 3.55. The monoisotopic (exact) mass is 461 g/mol. The number of fused-ring (bicyclic) bond motifs is 1. The molecule has 4 rings (SSSR count). The van der Waals surface area contributed by atoms with Crippen LogP contribution in [0.25, 0.3) is 11.3 Å². The molecule has 2 aromatic heterocycles. The van der Waals surface area contributed by atoms with Gasteiger partial charge in [0.1, 0.15) is 17.2 Å². The Kier molecular flexibility index (Phi) is 5.57. The number of carbonyl (C=O) groups excluding carboxylic acids is 1. The van der Waals surface area contributed by atoms with E-state index in [1.54, 1.807) is 26.0 Å². The van der Waals surface area contributed by atoms with Gasteiger partial charge >= 0.3 is 6.18 Å². The third kappa shape index (κ3) is 4.65. The number of alkyl halides is 3. The molecule has 6 nitrogen and oxygen atoms in total. The molecule has 0 fully saturated rings. The Bertz CT molecular complexity index is 1210. The summed E-state index contributed by atoms with van der Waals surface area (Å²) in [6, 6.07) is 7.98. The molecule has 10 heteroatoms. The maximum atomic E-state index is 13.8. The molecule has 1 aromatic carbocycles. The first-order chi connectivity index (χ1) is 15.4. The fraction of sp³-hybridized carbons (Fsp3) is 0.261. The fourth-order valence-electron chi connectivity index (χ4n) is 3.55. The molecule has 1 aliphatic heterocycles. The zero-order valence-corrected chi connectivity index (χ0v) is 17.7. The number of anilines is 1. The van der Waals surface area contributed by atoms with Gasteiger partial charge in [0, 0.05) is 29.0 Å². The van der Waals surface area contributed by atoms with E-state index in [0.717, 1.165) is 12.1 Å². The van der Waals surface area contributed by atoms with Crippen molar-refractivity contribution in [1.82, 2.24) is 9.97 Å². The maximum Gasteiger partial charge on any atom is 0.422 e. The van der Waals surface area contributed by atoms with Crippen molar-refractivity contribution in [2.24, 2.45) is 0 Å². The lowest BCUT2D eigenvalue weighted by Crippen LogP contribution is -2.24. The van der Waals surface area contributed by atoms with E-state index in [9.17, 15) is 27.5 Å². The van der Waals surface area contributed by atoms with Crippen molar-refractivity contribution in [3.05, 3.63) is 71.4 Å². The lowest BCUT2D eigenvalue weighted by molar-refractivity contribution is -0.153. The molecule has 0 unspecified atom stereocenters. The summed E-state index contributed by atoms with van der Waals surface area (Å²) >= 11 is 0. The molecule has 1 amide bonds. The van der Waals surface area contributed by atoms with Crippen LogP contribution in [0.5, 0.6) is 5.75 Å². The molecular formula is C23H19F4N3O3. The first-order valence-corrected chi connectivity index (χ1v) is 9.92. The van der Waals surface area contributed by atoms with E-state index in [2.05, 4.69) is 9.97 Å². The van der Waals surface area contributed by atoms with Crippen LogP contribution >= 0.6 is 0 Å². The van der Waals surface area contributed by atoms with Crippen LogP contribution in [-0.4, -0.2) is 33.8 Å². The summed E-state index contributed by atoms with van der Waals surface area (Å²) in [7, 11) is 0. The van der Waals surface area contributed by atoms with E-state index in [1.807, 2.05) is 0 Å². The summed E-state index contributed by atoms with van der Waals surface area (Å²) in [4.78, 5) is 22.9. The number of benzene rings is 1. The standard InChI is InChI=1S/C23H19F4N3O3/c1-22(2,32)19-6-4-14(10-29-19)30-11-17-15(21(30)31)7-8-28-20(17)16-5-3-13(24)9-18(16)33-12-23(25,26)27/h3-10,32H,11-12H2,1-2H3. The van der Waals surface area contributed by atoms with Crippen LogP contribution in [0.1, 0.15) is 35.5 Å². The van der Waals surface area contributed by atoms with Crippen LogP contribution in [0.15, 0.2) is 48.8 Å². The number of hydrogen-bond donors (Lipinski definition) is 1. The number of halogens is 4. The van der Waals surface area contributed by atoms with Crippen molar-refractivity contribution in [3.63, 3.8) is 0 Å². The van der Waals surface area contributed by atoms with E-state index >= 15 is 0 Å². The highest BCUT2D eigenvalue weighted by molar-refractivity contribution is 6.11. The molecule has 3 aromatic rings. The number of pyridine rings is 2. The quantitative estimate of drug-likeness (QED) is 0.562. The number of amides is 1. The highest BCUT2D eigenvalue weighted by atomic mass is 19.4. The van der Waals surface area contributed by atoms with Gasteiger partial charge in [-0.15, -0.1) is 0 Å². The smallest absolute Gasteiger partial charge is 0.422 e. The molecule has 0 spiro atoms. The third-order valence-electron chi connectivity index (χ3n) is 5.12. The van der Waals surface area contributed by atoms with Gasteiger partial charge < -0.3 is 14.7 Å². The number of ether oxygens (including phenoxy) is 1. The lowest BCUT2D eigenvalue weighted by atomic mass is 10.0. The molecule has 0 atom stereocenters. The average molecular weight is 461 g/mol. The van der Waals surface area contributed by atoms with Gasteiger partial charge in [-0.2, -0.15) is 13.2 Å². The Labute approximate surface area is 186 Å². The van der Waals surface area contributed by atoms with Crippen molar-refractivity contribution in [3.8, 4) is 17.0 Å². The summed E-state index contributed by atoms with van der Waals surface area (Å²) in [5.74, 6) is -1.43. The van der Waals surface area contributed by atoms with Crippen LogP contribution in [0.4, 0.5) is 23.2 Å². The van der Waals surface area contributed by atoms with Crippen molar-refractivity contribution in [2.75, 3.05) is 11.5 Å². The normalized spacial score (nSPS) is 13.9. The van der Waals surface area contributed by atoms with Gasteiger partial charge in [-0.25, -0.2) is 4.39 Å². The van der Waals surface area contributed by atoms with Gasteiger partial charge in [-0.1, -0.05) is 0 Å². The summed E-state index contributed by atoms with van der Waals surface area (Å²) in [5.41, 5.74) is 0.904. The van der Waals surface area contributed by atoms with Gasteiger partial charge in [0.15, 0.2) is 6.61 Å². The minimum absolute atomic E-state index is 0.0803. The second-order valence-electron chi connectivity index (χ2n) is 8.08. The summed E-state index contributed by atoms with van der Waals surface area (Å²) in [6.45, 7) is 1.66. The molecule has 0 aliphatic carbocycles. The van der Waals surface area contributed by atoms with Crippen LogP contribution in [0, 0.1) is 5.82 Å². The zero-order valence-electron chi connectivity index (χ0n) is 17.7. The number of aromatic nitrogens is 2. The maximum absolute atomic E-state index is 13.8. The van der Waals surface area contributed by atoms with Crippen molar-refractivity contribution in [1.29, 1.82) is 0 Å². The molecule has 3 heterocycles. The molecule has 0 saturated carbocycles. The largest absolute Gasteiger partial charge is 0.483 e. The van der Waals surface area contributed by atoms with Gasteiger partial charge in [-0.3, -0.25) is 14.8 Å². The highest BCUT2D eigenvalue weighted by Gasteiger charge is 2.33. The average Bonchev–Trinajstić information content (AvgIpc) is 3.08. The van der Waals surface area contributed by atoms with E-state index < -0.39 is 24.2 Å². The molecule has 0 bridgehead atoms. The molecule has 0 saturated heterocycles. The minimum Gasteiger partial charge on any atom is -0.483 e. The predicted octanol–water partition coefficient (Wildman–Crippen LogP) is 4.61. The van der Waals surface area contributed by atoms with Crippen molar-refractivity contribution < 1.29 is 32.2 Å². The number of carbonyl (C=O) groups is 1. The van der Waals surface area contributed by atoms with E-state index in [0.29, 0.717) is 22.5 Å². The molecule has 33 heavy (non-hydrogen) atoms. The number of aliphatic hydroxyl groups is 1. The highest BCUT2D eigenvalue weighted by Crippen LogP contribution is 2.38. The van der Waals surface area contributed by atoms with Crippen molar-refractivity contribution in [2.45, 2.75) is 32.2 Å². The second-order valence-corrected chi connectivity index (χ2v) is 8.08. The number of hydrogen-bond acceptors (Lipinski definition) is 5. The molecule has 1 N–H and O–H groups in total. The zero-order chi connectivity index (χ0) is 24.0. The second kappa shape index (κ2) is 8.11. The summed E-state index contributed by atoms with van der Waals surface area (Å²) in [6.07, 6.45) is -1.78. The van der Waals surface area contributed by atoms with Crippen LogP contribution in [0.2, 0.25) is 0 Å². The molecule has 1 aliphatic rings.